The number of rotatable bonds is 2. The Labute approximate surface area is 104 Å². The Morgan fingerprint density at radius 1 is 1.35 bits per heavy atom. The molecule has 0 aliphatic carbocycles. The Balaban J connectivity index is 2.48. The van der Waals surface area contributed by atoms with Gasteiger partial charge in [-0.3, -0.25) is 9.59 Å². The van der Waals surface area contributed by atoms with Gasteiger partial charge in [-0.2, -0.15) is 0 Å². The molecule has 17 heavy (non-hydrogen) atoms. The second-order valence-electron chi connectivity index (χ2n) is 3.90. The van der Waals surface area contributed by atoms with Crippen LogP contribution in [0.25, 0.3) is 0 Å². The molecule has 5 heteroatoms. The first-order valence-corrected chi connectivity index (χ1v) is 5.61. The number of halogens is 1. The zero-order valence-electron chi connectivity index (χ0n) is 9.62. The molecule has 0 atom stereocenters. The Bertz CT molecular complexity index is 499. The third-order valence-electron chi connectivity index (χ3n) is 2.80. The lowest BCUT2D eigenvalue weighted by Gasteiger charge is -2.19. The van der Waals surface area contributed by atoms with Gasteiger partial charge in [-0.05, 0) is 18.6 Å². The quantitative estimate of drug-likeness (QED) is 0.757. The fraction of sp³-hybridized carbons (Fsp3) is 0.333. The van der Waals surface area contributed by atoms with E-state index in [0.717, 1.165) is 5.56 Å². The predicted octanol–water partition coefficient (Wildman–Crippen LogP) is 1.96. The van der Waals surface area contributed by atoms with Crippen LogP contribution in [0.5, 0.6) is 5.75 Å². The first-order chi connectivity index (χ1) is 8.04. The molecule has 0 radical (unpaired) electrons. The lowest BCUT2D eigenvalue weighted by Crippen LogP contribution is -2.27. The zero-order valence-corrected chi connectivity index (χ0v) is 10.4. The highest BCUT2D eigenvalue weighted by atomic mass is 35.5. The Hall–Kier alpha value is -1.55. The Morgan fingerprint density at radius 3 is 2.59 bits per heavy atom. The van der Waals surface area contributed by atoms with Crippen molar-refractivity contribution in [1.29, 1.82) is 0 Å². The number of ether oxygens (including phenoxy) is 1. The lowest BCUT2D eigenvalue weighted by atomic mass is 10.2. The fourth-order valence-corrected chi connectivity index (χ4v) is 1.98. The monoisotopic (exact) mass is 253 g/mol. The number of anilines is 1. The number of hydrogen-bond donors (Lipinski definition) is 0. The Morgan fingerprint density at radius 2 is 2.06 bits per heavy atom. The van der Waals surface area contributed by atoms with Crippen molar-refractivity contribution in [3.8, 4) is 5.75 Å². The van der Waals surface area contributed by atoms with Gasteiger partial charge in [0, 0.05) is 24.1 Å². The number of ketones is 1. The maximum atomic E-state index is 11.7. The van der Waals surface area contributed by atoms with Crippen molar-refractivity contribution in [1.82, 2.24) is 0 Å². The molecule has 1 amide bonds. The number of hydrogen-bond acceptors (Lipinski definition) is 3. The minimum atomic E-state index is -0.481. The highest BCUT2D eigenvalue weighted by Crippen LogP contribution is 2.35. The number of methoxy groups -OCH3 is 1. The minimum absolute atomic E-state index is 0.254. The van der Waals surface area contributed by atoms with Gasteiger partial charge < -0.3 is 9.64 Å². The predicted molar refractivity (Wildman–Crippen MR) is 64.7 cm³/mol. The molecule has 0 N–H and O–H groups in total. The number of nitrogens with zero attached hydrogens (tertiary/aromatic N) is 1. The first-order valence-electron chi connectivity index (χ1n) is 5.23. The maximum absolute atomic E-state index is 11.7. The number of aryl methyl sites for hydroxylation is 1. The van der Waals surface area contributed by atoms with E-state index >= 15 is 0 Å². The van der Waals surface area contributed by atoms with Crippen LogP contribution in [0.15, 0.2) is 12.1 Å². The second kappa shape index (κ2) is 4.37. The van der Waals surface area contributed by atoms with Crippen LogP contribution in [0, 0.1) is 6.92 Å². The number of carbonyl (C=O) groups excluding carboxylic acids is 2. The largest absolute Gasteiger partial charge is 0.495 e. The van der Waals surface area contributed by atoms with Crippen LogP contribution in [0.2, 0.25) is 5.02 Å². The van der Waals surface area contributed by atoms with Crippen LogP contribution in [0.1, 0.15) is 12.0 Å². The van der Waals surface area contributed by atoms with Crippen molar-refractivity contribution in [2.45, 2.75) is 13.3 Å². The number of carbonyl (C=O) groups is 2. The van der Waals surface area contributed by atoms with Crippen LogP contribution in [0.3, 0.4) is 0 Å². The lowest BCUT2D eigenvalue weighted by molar-refractivity contribution is -0.133. The van der Waals surface area contributed by atoms with Crippen molar-refractivity contribution in [3.63, 3.8) is 0 Å². The number of benzene rings is 1. The molecular weight excluding hydrogens is 242 g/mol. The molecule has 1 aliphatic rings. The molecule has 1 saturated heterocycles. The average Bonchev–Trinajstić information content (AvgIpc) is 2.63. The van der Waals surface area contributed by atoms with Crippen molar-refractivity contribution in [3.05, 3.63) is 22.7 Å². The summed E-state index contributed by atoms with van der Waals surface area (Å²) in [5, 5.41) is 0.573. The van der Waals surface area contributed by atoms with Gasteiger partial charge in [0.05, 0.1) is 12.8 Å². The summed E-state index contributed by atoms with van der Waals surface area (Å²) in [6.07, 6.45) is 0.254. The van der Waals surface area contributed by atoms with E-state index in [1.54, 1.807) is 12.1 Å². The molecule has 0 unspecified atom stereocenters. The molecule has 0 saturated carbocycles. The number of amides is 1. The zero-order chi connectivity index (χ0) is 12.6. The van der Waals surface area contributed by atoms with E-state index in [0.29, 0.717) is 23.0 Å². The molecule has 4 nitrogen and oxygen atoms in total. The topological polar surface area (TPSA) is 46.6 Å². The average molecular weight is 254 g/mol. The summed E-state index contributed by atoms with van der Waals surface area (Å²) in [6.45, 7) is 2.24. The molecule has 0 spiro atoms. The number of Topliss-reactive ketones (excluding diaryl/α,β-unsaturated/α-hetero) is 1. The highest BCUT2D eigenvalue weighted by Gasteiger charge is 2.32. The summed E-state index contributed by atoms with van der Waals surface area (Å²) in [6, 6.07) is 3.42. The van der Waals surface area contributed by atoms with Gasteiger partial charge in [-0.15, -0.1) is 0 Å². The third-order valence-corrected chi connectivity index (χ3v) is 3.20. The summed E-state index contributed by atoms with van der Waals surface area (Å²) >= 11 is 5.99. The van der Waals surface area contributed by atoms with E-state index < -0.39 is 5.91 Å². The molecular formula is C12H12ClNO3. The maximum Gasteiger partial charge on any atom is 0.294 e. The van der Waals surface area contributed by atoms with Crippen LogP contribution >= 0.6 is 11.6 Å². The van der Waals surface area contributed by atoms with E-state index in [-0.39, 0.29) is 12.2 Å². The third kappa shape index (κ3) is 2.00. The molecule has 1 fully saturated rings. The Kier molecular flexibility index (Phi) is 3.07. The summed E-state index contributed by atoms with van der Waals surface area (Å²) in [5.74, 6) is -0.340. The van der Waals surface area contributed by atoms with Crippen molar-refractivity contribution in [2.24, 2.45) is 0 Å². The van der Waals surface area contributed by atoms with Crippen LogP contribution in [-0.4, -0.2) is 25.3 Å². The van der Waals surface area contributed by atoms with Crippen molar-refractivity contribution < 1.29 is 14.3 Å². The molecule has 0 bridgehead atoms. The molecule has 1 heterocycles. The summed E-state index contributed by atoms with van der Waals surface area (Å²) < 4.78 is 5.19. The van der Waals surface area contributed by atoms with E-state index in [9.17, 15) is 9.59 Å². The first kappa shape index (κ1) is 11.9. The van der Waals surface area contributed by atoms with Gasteiger partial charge >= 0.3 is 0 Å². The van der Waals surface area contributed by atoms with Gasteiger partial charge in [-0.25, -0.2) is 0 Å². The van der Waals surface area contributed by atoms with Crippen LogP contribution < -0.4 is 9.64 Å². The van der Waals surface area contributed by atoms with Gasteiger partial charge in [0.2, 0.25) is 5.78 Å². The second-order valence-corrected chi connectivity index (χ2v) is 4.31. The van der Waals surface area contributed by atoms with Gasteiger partial charge in [0.25, 0.3) is 5.91 Å². The molecule has 1 aliphatic heterocycles. The normalized spacial score (nSPS) is 15.6. The molecule has 1 aromatic carbocycles. The van der Waals surface area contributed by atoms with E-state index in [1.807, 2.05) is 6.92 Å². The minimum Gasteiger partial charge on any atom is -0.495 e. The smallest absolute Gasteiger partial charge is 0.294 e. The van der Waals surface area contributed by atoms with Crippen LogP contribution in [-0.2, 0) is 9.59 Å². The highest BCUT2D eigenvalue weighted by molar-refractivity contribution is 6.43. The van der Waals surface area contributed by atoms with E-state index in [2.05, 4.69) is 0 Å². The van der Waals surface area contributed by atoms with Crippen molar-refractivity contribution in [2.75, 3.05) is 18.6 Å². The molecule has 0 aromatic heterocycles. The van der Waals surface area contributed by atoms with Crippen molar-refractivity contribution >= 4 is 29.0 Å². The molecule has 1 aromatic rings. The van der Waals surface area contributed by atoms with Gasteiger partial charge in [0.15, 0.2) is 0 Å². The summed E-state index contributed by atoms with van der Waals surface area (Å²) in [5.41, 5.74) is 1.44. The SMILES string of the molecule is COc1cc(Cl)c(C)cc1N1CCC(=O)C1=O. The summed E-state index contributed by atoms with van der Waals surface area (Å²) in [4.78, 5) is 24.3. The summed E-state index contributed by atoms with van der Waals surface area (Å²) in [7, 11) is 1.51. The van der Waals surface area contributed by atoms with Gasteiger partial charge in [-0.1, -0.05) is 11.6 Å². The van der Waals surface area contributed by atoms with Crippen LogP contribution in [0.4, 0.5) is 5.69 Å². The standard InChI is InChI=1S/C12H12ClNO3/c1-7-5-9(11(17-2)6-8(7)13)14-4-3-10(15)12(14)16/h5-6H,3-4H2,1-2H3. The van der Waals surface area contributed by atoms with Gasteiger partial charge in [0.1, 0.15) is 5.75 Å². The molecule has 90 valence electrons. The fourth-order valence-electron chi connectivity index (χ4n) is 1.82. The van der Waals surface area contributed by atoms with E-state index in [4.69, 9.17) is 16.3 Å². The molecule has 2 rings (SSSR count). The van der Waals surface area contributed by atoms with E-state index in [1.165, 1.54) is 12.0 Å².